The van der Waals surface area contributed by atoms with Crippen molar-refractivity contribution >= 4 is 0 Å². The predicted octanol–water partition coefficient (Wildman–Crippen LogP) is 2.58. The van der Waals surface area contributed by atoms with E-state index in [0.717, 1.165) is 0 Å². The lowest BCUT2D eigenvalue weighted by atomic mass is 10.1. The maximum absolute atomic E-state index is 12.4. The number of nitrogens with one attached hydrogen (secondary N) is 1. The lowest BCUT2D eigenvalue weighted by Gasteiger charge is -2.20. The number of aliphatic hydroxyl groups is 1. The Labute approximate surface area is 117 Å². The van der Waals surface area contributed by atoms with Crippen LogP contribution in [0.1, 0.15) is 25.5 Å². The van der Waals surface area contributed by atoms with Gasteiger partial charge in [0.1, 0.15) is 0 Å². The third-order valence-electron chi connectivity index (χ3n) is 2.76. The van der Waals surface area contributed by atoms with Gasteiger partial charge in [0.2, 0.25) is 0 Å². The summed E-state index contributed by atoms with van der Waals surface area (Å²) >= 11 is 0. The third kappa shape index (κ3) is 4.94. The maximum Gasteiger partial charge on any atom is 0.387 e. The minimum atomic E-state index is -2.92. The number of hydrogen-bond acceptors (Lipinski definition) is 4. The Morgan fingerprint density at radius 2 is 1.95 bits per heavy atom. The van der Waals surface area contributed by atoms with Crippen molar-refractivity contribution in [1.29, 1.82) is 0 Å². The molecule has 6 heteroatoms. The first-order valence-corrected chi connectivity index (χ1v) is 6.44. The molecule has 0 heterocycles. The summed E-state index contributed by atoms with van der Waals surface area (Å²) in [5.74, 6) is 0.610. The Kier molecular flexibility index (Phi) is 6.67. The molecule has 0 aliphatic rings. The lowest BCUT2D eigenvalue weighted by Crippen LogP contribution is -2.28. The first-order valence-electron chi connectivity index (χ1n) is 6.44. The van der Waals surface area contributed by atoms with E-state index < -0.39 is 6.61 Å². The van der Waals surface area contributed by atoms with Crippen molar-refractivity contribution in [3.05, 3.63) is 23.8 Å². The van der Waals surface area contributed by atoms with Gasteiger partial charge >= 0.3 is 6.61 Å². The van der Waals surface area contributed by atoms with Crippen LogP contribution in [-0.4, -0.2) is 32.0 Å². The standard InChI is InChI=1S/C14H21F2NO3/c1-9(2)7-17-11(8-18)10-4-5-12(19-3)13(6-10)20-14(15)16/h4-6,9,11,14,17-18H,7-8H2,1-3H3. The van der Waals surface area contributed by atoms with Gasteiger partial charge in [0.05, 0.1) is 19.8 Å². The second-order valence-corrected chi connectivity index (χ2v) is 4.83. The van der Waals surface area contributed by atoms with E-state index in [0.29, 0.717) is 18.0 Å². The van der Waals surface area contributed by atoms with Gasteiger partial charge in [-0.25, -0.2) is 0 Å². The largest absolute Gasteiger partial charge is 0.493 e. The van der Waals surface area contributed by atoms with Crippen molar-refractivity contribution in [2.45, 2.75) is 26.5 Å². The fourth-order valence-electron chi connectivity index (χ4n) is 1.76. The van der Waals surface area contributed by atoms with E-state index in [4.69, 9.17) is 4.74 Å². The first kappa shape index (κ1) is 16.7. The van der Waals surface area contributed by atoms with Crippen LogP contribution < -0.4 is 14.8 Å². The van der Waals surface area contributed by atoms with Gasteiger partial charge in [-0.15, -0.1) is 0 Å². The zero-order chi connectivity index (χ0) is 15.1. The molecule has 0 aliphatic carbocycles. The van der Waals surface area contributed by atoms with Crippen LogP contribution in [0.15, 0.2) is 18.2 Å². The molecule has 0 amide bonds. The zero-order valence-corrected chi connectivity index (χ0v) is 11.9. The van der Waals surface area contributed by atoms with Crippen LogP contribution in [0.4, 0.5) is 8.78 Å². The summed E-state index contributed by atoms with van der Waals surface area (Å²) in [6.45, 7) is 1.74. The quantitative estimate of drug-likeness (QED) is 0.772. The van der Waals surface area contributed by atoms with Gasteiger partial charge in [-0.05, 0) is 30.2 Å². The van der Waals surface area contributed by atoms with Gasteiger partial charge in [-0.1, -0.05) is 19.9 Å². The number of halogens is 2. The molecule has 20 heavy (non-hydrogen) atoms. The molecule has 1 atom stereocenters. The molecule has 1 aromatic carbocycles. The number of methoxy groups -OCH3 is 1. The highest BCUT2D eigenvalue weighted by Crippen LogP contribution is 2.31. The molecule has 0 spiro atoms. The molecule has 1 rings (SSSR count). The highest BCUT2D eigenvalue weighted by atomic mass is 19.3. The van der Waals surface area contributed by atoms with E-state index in [1.807, 2.05) is 13.8 Å². The Hall–Kier alpha value is -1.40. The number of benzene rings is 1. The molecule has 0 aromatic heterocycles. The fraction of sp³-hybridized carbons (Fsp3) is 0.571. The number of aliphatic hydroxyl groups excluding tert-OH is 1. The fourth-order valence-corrected chi connectivity index (χ4v) is 1.76. The molecule has 114 valence electrons. The highest BCUT2D eigenvalue weighted by molar-refractivity contribution is 5.44. The average Bonchev–Trinajstić information content (AvgIpc) is 2.38. The van der Waals surface area contributed by atoms with Gasteiger partial charge in [-0.2, -0.15) is 8.78 Å². The smallest absolute Gasteiger partial charge is 0.387 e. The molecule has 0 bridgehead atoms. The predicted molar refractivity (Wildman–Crippen MR) is 72.3 cm³/mol. The van der Waals surface area contributed by atoms with E-state index in [1.54, 1.807) is 12.1 Å². The minimum absolute atomic E-state index is 0.0372. The summed E-state index contributed by atoms with van der Waals surface area (Å²) in [5.41, 5.74) is 0.671. The molecular weight excluding hydrogens is 268 g/mol. The maximum atomic E-state index is 12.4. The molecule has 0 saturated heterocycles. The van der Waals surface area contributed by atoms with Crippen LogP contribution in [0.3, 0.4) is 0 Å². The SMILES string of the molecule is COc1ccc(C(CO)NCC(C)C)cc1OC(F)F. The molecule has 1 aromatic rings. The van der Waals surface area contributed by atoms with Crippen molar-refractivity contribution < 1.29 is 23.4 Å². The summed E-state index contributed by atoms with van der Waals surface area (Å²) in [7, 11) is 1.38. The second kappa shape index (κ2) is 8.01. The molecule has 0 fully saturated rings. The Bertz CT molecular complexity index is 413. The average molecular weight is 289 g/mol. The molecule has 2 N–H and O–H groups in total. The molecular formula is C14H21F2NO3. The Morgan fingerprint density at radius 3 is 2.45 bits per heavy atom. The van der Waals surface area contributed by atoms with Crippen molar-refractivity contribution in [1.82, 2.24) is 5.32 Å². The van der Waals surface area contributed by atoms with E-state index in [-0.39, 0.29) is 24.1 Å². The zero-order valence-electron chi connectivity index (χ0n) is 11.9. The Morgan fingerprint density at radius 1 is 1.25 bits per heavy atom. The van der Waals surface area contributed by atoms with Crippen LogP contribution in [0, 0.1) is 5.92 Å². The van der Waals surface area contributed by atoms with E-state index in [2.05, 4.69) is 10.1 Å². The molecule has 0 aliphatic heterocycles. The summed E-state index contributed by atoms with van der Waals surface area (Å²) in [6, 6.07) is 4.39. The number of alkyl halides is 2. The monoisotopic (exact) mass is 289 g/mol. The second-order valence-electron chi connectivity index (χ2n) is 4.83. The van der Waals surface area contributed by atoms with Gasteiger partial charge in [0.25, 0.3) is 0 Å². The van der Waals surface area contributed by atoms with E-state index >= 15 is 0 Å². The van der Waals surface area contributed by atoms with Gasteiger partial charge < -0.3 is 19.9 Å². The molecule has 0 saturated carbocycles. The minimum Gasteiger partial charge on any atom is -0.493 e. The van der Waals surface area contributed by atoms with Gasteiger partial charge in [-0.3, -0.25) is 0 Å². The summed E-state index contributed by atoms with van der Waals surface area (Å²) in [6.07, 6.45) is 0. The number of ether oxygens (including phenoxy) is 2. The van der Waals surface area contributed by atoms with Crippen LogP contribution in [0.5, 0.6) is 11.5 Å². The number of rotatable bonds is 8. The molecule has 1 unspecified atom stereocenters. The van der Waals surface area contributed by atoms with Gasteiger partial charge in [0, 0.05) is 0 Å². The van der Waals surface area contributed by atoms with Crippen molar-refractivity contribution in [3.8, 4) is 11.5 Å². The van der Waals surface area contributed by atoms with Gasteiger partial charge in [0.15, 0.2) is 11.5 Å². The normalized spacial score (nSPS) is 12.8. The highest BCUT2D eigenvalue weighted by Gasteiger charge is 2.16. The summed E-state index contributed by atoms with van der Waals surface area (Å²) in [4.78, 5) is 0. The first-order chi connectivity index (χ1) is 9.47. The lowest BCUT2D eigenvalue weighted by molar-refractivity contribution is -0.0512. The van der Waals surface area contributed by atoms with Crippen molar-refractivity contribution in [2.24, 2.45) is 5.92 Å². The summed E-state index contributed by atoms with van der Waals surface area (Å²) in [5, 5.41) is 12.6. The number of hydrogen-bond donors (Lipinski definition) is 2. The van der Waals surface area contributed by atoms with Crippen molar-refractivity contribution in [2.75, 3.05) is 20.3 Å². The van der Waals surface area contributed by atoms with Crippen LogP contribution in [0.2, 0.25) is 0 Å². The third-order valence-corrected chi connectivity index (χ3v) is 2.76. The van der Waals surface area contributed by atoms with E-state index in [9.17, 15) is 13.9 Å². The summed E-state index contributed by atoms with van der Waals surface area (Å²) < 4.78 is 34.1. The molecule has 4 nitrogen and oxygen atoms in total. The Balaban J connectivity index is 2.92. The van der Waals surface area contributed by atoms with Crippen LogP contribution >= 0.6 is 0 Å². The topological polar surface area (TPSA) is 50.7 Å². The van der Waals surface area contributed by atoms with E-state index in [1.165, 1.54) is 13.2 Å². The molecule has 0 radical (unpaired) electrons. The van der Waals surface area contributed by atoms with Crippen LogP contribution in [0.25, 0.3) is 0 Å². The van der Waals surface area contributed by atoms with Crippen molar-refractivity contribution in [3.63, 3.8) is 0 Å². The van der Waals surface area contributed by atoms with Crippen LogP contribution in [-0.2, 0) is 0 Å².